The Balaban J connectivity index is 2.01. The van der Waals surface area contributed by atoms with Gasteiger partial charge in [0.25, 0.3) is 5.91 Å². The van der Waals surface area contributed by atoms with Gasteiger partial charge in [-0.25, -0.2) is 4.79 Å². The summed E-state index contributed by atoms with van der Waals surface area (Å²) in [6, 6.07) is 6.18. The molecule has 1 saturated heterocycles. The molecule has 1 aromatic carbocycles. The number of carbonyl (C=O) groups excluding carboxylic acids is 1. The largest absolute Gasteiger partial charge is 0.478 e. The van der Waals surface area contributed by atoms with Crippen molar-refractivity contribution < 1.29 is 19.4 Å². The van der Waals surface area contributed by atoms with Gasteiger partial charge in [0.05, 0.1) is 12.2 Å². The highest BCUT2D eigenvalue weighted by Crippen LogP contribution is 2.19. The molecule has 1 heterocycles. The van der Waals surface area contributed by atoms with Crippen LogP contribution < -0.4 is 0 Å². The van der Waals surface area contributed by atoms with Gasteiger partial charge in [0, 0.05) is 31.2 Å². The lowest BCUT2D eigenvalue weighted by atomic mass is 10.1. The van der Waals surface area contributed by atoms with Crippen molar-refractivity contribution in [1.29, 1.82) is 0 Å². The molecule has 20 heavy (non-hydrogen) atoms. The lowest BCUT2D eigenvalue weighted by molar-refractivity contribution is 0.0697. The van der Waals surface area contributed by atoms with E-state index in [1.807, 2.05) is 6.92 Å². The first-order chi connectivity index (χ1) is 9.61. The van der Waals surface area contributed by atoms with Crippen molar-refractivity contribution in [1.82, 2.24) is 4.90 Å². The predicted octanol–water partition coefficient (Wildman–Crippen LogP) is 1.88. The Bertz CT molecular complexity index is 500. The molecule has 1 atom stereocenters. The average molecular weight is 277 g/mol. The van der Waals surface area contributed by atoms with Gasteiger partial charge < -0.3 is 14.7 Å². The minimum absolute atomic E-state index is 0.105. The lowest BCUT2D eigenvalue weighted by Crippen LogP contribution is -2.29. The molecule has 0 aromatic heterocycles. The van der Waals surface area contributed by atoms with Crippen LogP contribution in [0.25, 0.3) is 0 Å². The fourth-order valence-corrected chi connectivity index (χ4v) is 2.41. The normalized spacial score (nSPS) is 18.2. The van der Waals surface area contributed by atoms with Crippen LogP contribution in [0.5, 0.6) is 0 Å². The summed E-state index contributed by atoms with van der Waals surface area (Å²) in [6.45, 7) is 4.69. The van der Waals surface area contributed by atoms with E-state index < -0.39 is 5.97 Å². The molecule has 1 aliphatic rings. The molecule has 0 spiro atoms. The number of nitrogens with zero attached hydrogens (tertiary/aromatic N) is 1. The van der Waals surface area contributed by atoms with Gasteiger partial charge in [-0.05, 0) is 31.5 Å². The third kappa shape index (κ3) is 3.36. The highest BCUT2D eigenvalue weighted by molar-refractivity contribution is 5.97. The van der Waals surface area contributed by atoms with E-state index in [0.717, 1.165) is 6.42 Å². The molecule has 1 amide bonds. The summed E-state index contributed by atoms with van der Waals surface area (Å²) in [5, 5.41) is 8.95. The third-order valence-corrected chi connectivity index (χ3v) is 3.49. The Morgan fingerprint density at radius 2 is 2.15 bits per heavy atom. The molecule has 2 rings (SSSR count). The first kappa shape index (κ1) is 14.5. The van der Waals surface area contributed by atoms with Crippen LogP contribution in [-0.2, 0) is 4.74 Å². The fourth-order valence-electron chi connectivity index (χ4n) is 2.41. The monoisotopic (exact) mass is 277 g/mol. The van der Waals surface area contributed by atoms with E-state index in [-0.39, 0.29) is 11.5 Å². The maximum Gasteiger partial charge on any atom is 0.335 e. The number of carbonyl (C=O) groups is 2. The fraction of sp³-hybridized carbons (Fsp3) is 0.467. The highest BCUT2D eigenvalue weighted by Gasteiger charge is 2.27. The standard InChI is InChI=1S/C15H19NO4/c1-2-20-10-11-6-7-16(9-11)14(17)12-4-3-5-13(8-12)15(18)19/h3-5,8,11H,2,6-7,9-10H2,1H3,(H,18,19). The molecule has 5 nitrogen and oxygen atoms in total. The van der Waals surface area contributed by atoms with Crippen molar-refractivity contribution in [2.45, 2.75) is 13.3 Å². The first-order valence-electron chi connectivity index (χ1n) is 6.82. The molecule has 1 N–H and O–H groups in total. The number of carboxylic acids is 1. The second-order valence-electron chi connectivity index (χ2n) is 4.95. The van der Waals surface area contributed by atoms with Crippen molar-refractivity contribution in [3.05, 3.63) is 35.4 Å². The van der Waals surface area contributed by atoms with Gasteiger partial charge in [-0.3, -0.25) is 4.79 Å². The van der Waals surface area contributed by atoms with Crippen molar-refractivity contribution >= 4 is 11.9 Å². The summed E-state index contributed by atoms with van der Waals surface area (Å²) in [4.78, 5) is 25.0. The molecular weight excluding hydrogens is 258 g/mol. The number of benzene rings is 1. The van der Waals surface area contributed by atoms with Crippen molar-refractivity contribution in [3.8, 4) is 0 Å². The molecule has 0 saturated carbocycles. The maximum atomic E-state index is 12.3. The Morgan fingerprint density at radius 1 is 1.40 bits per heavy atom. The summed E-state index contributed by atoms with van der Waals surface area (Å²) in [5.41, 5.74) is 0.572. The zero-order chi connectivity index (χ0) is 14.5. The van der Waals surface area contributed by atoms with Crippen LogP contribution in [0.2, 0.25) is 0 Å². The number of likely N-dealkylation sites (tertiary alicyclic amines) is 1. The van der Waals surface area contributed by atoms with E-state index in [0.29, 0.717) is 37.8 Å². The van der Waals surface area contributed by atoms with Gasteiger partial charge in [0.1, 0.15) is 0 Å². The molecule has 0 bridgehead atoms. The van der Waals surface area contributed by atoms with Gasteiger partial charge in [-0.1, -0.05) is 6.07 Å². The van der Waals surface area contributed by atoms with Crippen LogP contribution in [0.1, 0.15) is 34.1 Å². The van der Waals surface area contributed by atoms with Gasteiger partial charge in [0.2, 0.25) is 0 Å². The minimum atomic E-state index is -1.02. The number of aromatic carboxylic acids is 1. The van der Waals surface area contributed by atoms with E-state index in [1.165, 1.54) is 12.1 Å². The second-order valence-corrected chi connectivity index (χ2v) is 4.95. The lowest BCUT2D eigenvalue weighted by Gasteiger charge is -2.17. The highest BCUT2D eigenvalue weighted by atomic mass is 16.5. The van der Waals surface area contributed by atoms with Crippen LogP contribution >= 0.6 is 0 Å². The number of hydrogen-bond acceptors (Lipinski definition) is 3. The summed E-state index contributed by atoms with van der Waals surface area (Å²) in [6.07, 6.45) is 0.935. The minimum Gasteiger partial charge on any atom is -0.478 e. The average Bonchev–Trinajstić information content (AvgIpc) is 2.93. The zero-order valence-electron chi connectivity index (χ0n) is 11.5. The third-order valence-electron chi connectivity index (χ3n) is 3.49. The SMILES string of the molecule is CCOCC1CCN(C(=O)c2cccc(C(=O)O)c2)C1. The zero-order valence-corrected chi connectivity index (χ0v) is 11.5. The van der Waals surface area contributed by atoms with E-state index >= 15 is 0 Å². The van der Waals surface area contributed by atoms with Gasteiger partial charge in [-0.2, -0.15) is 0 Å². The molecule has 1 unspecified atom stereocenters. The van der Waals surface area contributed by atoms with Crippen LogP contribution in [0.4, 0.5) is 0 Å². The molecule has 1 fully saturated rings. The molecular formula is C15H19NO4. The van der Waals surface area contributed by atoms with Crippen LogP contribution in [0.15, 0.2) is 24.3 Å². The summed E-state index contributed by atoms with van der Waals surface area (Å²) >= 11 is 0. The first-order valence-corrected chi connectivity index (χ1v) is 6.82. The topological polar surface area (TPSA) is 66.8 Å². The summed E-state index contributed by atoms with van der Waals surface area (Å²) in [7, 11) is 0. The number of carboxylic acid groups (broad SMARTS) is 1. The predicted molar refractivity (Wildman–Crippen MR) is 73.9 cm³/mol. The number of hydrogen-bond donors (Lipinski definition) is 1. The molecule has 0 aliphatic carbocycles. The van der Waals surface area contributed by atoms with E-state index in [2.05, 4.69) is 0 Å². The second kappa shape index (κ2) is 6.52. The molecule has 0 radical (unpaired) electrons. The quantitative estimate of drug-likeness (QED) is 0.892. The van der Waals surface area contributed by atoms with Crippen LogP contribution in [0, 0.1) is 5.92 Å². The Labute approximate surface area is 118 Å². The van der Waals surface area contributed by atoms with Crippen LogP contribution in [-0.4, -0.2) is 48.2 Å². The number of amides is 1. The number of rotatable bonds is 5. The Kier molecular flexibility index (Phi) is 4.74. The number of ether oxygens (including phenoxy) is 1. The molecule has 108 valence electrons. The van der Waals surface area contributed by atoms with E-state index in [1.54, 1.807) is 17.0 Å². The Morgan fingerprint density at radius 3 is 2.85 bits per heavy atom. The molecule has 5 heteroatoms. The van der Waals surface area contributed by atoms with Crippen molar-refractivity contribution in [2.75, 3.05) is 26.3 Å². The van der Waals surface area contributed by atoms with Crippen LogP contribution in [0.3, 0.4) is 0 Å². The molecule has 1 aromatic rings. The van der Waals surface area contributed by atoms with E-state index in [4.69, 9.17) is 9.84 Å². The van der Waals surface area contributed by atoms with Crippen molar-refractivity contribution in [3.63, 3.8) is 0 Å². The van der Waals surface area contributed by atoms with E-state index in [9.17, 15) is 9.59 Å². The smallest absolute Gasteiger partial charge is 0.335 e. The molecule has 1 aliphatic heterocycles. The maximum absolute atomic E-state index is 12.3. The van der Waals surface area contributed by atoms with Gasteiger partial charge in [0.15, 0.2) is 0 Å². The summed E-state index contributed by atoms with van der Waals surface area (Å²) < 4.78 is 5.39. The van der Waals surface area contributed by atoms with Gasteiger partial charge >= 0.3 is 5.97 Å². The Hall–Kier alpha value is -1.88. The van der Waals surface area contributed by atoms with Gasteiger partial charge in [-0.15, -0.1) is 0 Å². The summed E-state index contributed by atoms with van der Waals surface area (Å²) in [5.74, 6) is -0.746. The van der Waals surface area contributed by atoms with Crippen molar-refractivity contribution in [2.24, 2.45) is 5.92 Å².